The molecule has 0 saturated carbocycles. The summed E-state index contributed by atoms with van der Waals surface area (Å²) in [4.78, 5) is 86.1. The predicted molar refractivity (Wildman–Crippen MR) is 356 cm³/mol. The summed E-state index contributed by atoms with van der Waals surface area (Å²) in [6.45, 7) is 5.69. The van der Waals surface area contributed by atoms with Gasteiger partial charge in [-0.1, -0.05) is 71.0 Å². The molecule has 0 saturated heterocycles. The van der Waals surface area contributed by atoms with E-state index >= 15 is 8.78 Å². The molecule has 0 amide bonds. The Morgan fingerprint density at radius 3 is 0.954 bits per heavy atom. The number of aliphatic hydroxyl groups excluding tert-OH is 4. The monoisotopic (exact) mass is 1540 g/mol. The molecule has 8 N–H and O–H groups in total. The predicted octanol–water partition coefficient (Wildman–Crippen LogP) is 10.5. The molecule has 12 aromatic rings. The van der Waals surface area contributed by atoms with E-state index in [0.29, 0.717) is 24.3 Å². The molecule has 0 aliphatic heterocycles. The lowest BCUT2D eigenvalue weighted by Gasteiger charge is -2.27. The second kappa shape index (κ2) is 29.4. The molecule has 8 heterocycles. The van der Waals surface area contributed by atoms with Crippen molar-refractivity contribution in [2.75, 3.05) is 0 Å². The van der Waals surface area contributed by atoms with E-state index in [0.717, 1.165) is 45.8 Å². The van der Waals surface area contributed by atoms with Gasteiger partial charge >= 0.3 is 25.1 Å². The zero-order valence-electron chi connectivity index (χ0n) is 57.5. The summed E-state index contributed by atoms with van der Waals surface area (Å²) >= 11 is 0. The van der Waals surface area contributed by atoms with E-state index in [1.807, 2.05) is 0 Å². The molecule has 0 radical (unpaired) electrons. The van der Waals surface area contributed by atoms with Gasteiger partial charge < -0.3 is 49.8 Å². The van der Waals surface area contributed by atoms with E-state index in [1.54, 1.807) is 27.7 Å². The van der Waals surface area contributed by atoms with E-state index in [-0.39, 0.29) is 108 Å². The number of nitrogens with one attached hydrogen (secondary N) is 4. The number of benzene rings is 4. The van der Waals surface area contributed by atoms with Gasteiger partial charge in [-0.25, -0.2) is 47.4 Å². The minimum atomic E-state index is -5.23. The zero-order chi connectivity index (χ0) is 79.0. The second-order valence-corrected chi connectivity index (χ2v) is 26.5. The number of hydrogen-bond donors (Lipinski definition) is 8. The van der Waals surface area contributed by atoms with E-state index in [2.05, 4.69) is 59.8 Å². The number of aliphatic hydroxyl groups is 4. The van der Waals surface area contributed by atoms with Crippen LogP contribution in [-0.4, -0.2) is 112 Å². The topological polar surface area (TPSA) is 354 Å². The van der Waals surface area contributed by atoms with Crippen LogP contribution in [0, 0.1) is 42.2 Å². The number of fused-ring (bicyclic) bond motifs is 4. The minimum Gasteiger partial charge on any atom is -0.406 e. The van der Waals surface area contributed by atoms with Crippen LogP contribution in [0.5, 0.6) is 11.5 Å². The third kappa shape index (κ3) is 15.5. The Balaban J connectivity index is 0.968. The molecule has 7 unspecified atom stereocenters. The molecule has 12 rings (SSSR count). The largest absolute Gasteiger partial charge is 0.573 e. The first-order valence-electron chi connectivity index (χ1n) is 33.1. The highest BCUT2D eigenvalue weighted by atomic mass is 19.4. The molecule has 0 aliphatic rings. The van der Waals surface area contributed by atoms with Gasteiger partial charge in [0.2, 0.25) is 0 Å². The van der Waals surface area contributed by atoms with Crippen molar-refractivity contribution >= 4 is 44.1 Å². The number of rotatable bonds is 24. The first kappa shape index (κ1) is 77.4. The lowest BCUT2D eigenvalue weighted by atomic mass is 9.90. The SMILES string of the molecule is Cc1nc2c(c(CO)nn2C(c2ccc(OC(F)(F)F)cc2)C(C)Cc2nc3c(c(CO)nn3C(c3ccc(OC(F)(F)F)cc3)C(C)Cc3nc4c(c(CO)nn4C(c4ccc(C(F)(F)F)c(F)c4)C(C)Cc4nc5c(c(CO)nn5C(c5ccc(C(F)(F)F)c(F)c5)C(C)C)c(=O)[nH]4)c(=O)[nH]3)c(=O)[nH]2)c(=O)[nH]1. The van der Waals surface area contributed by atoms with Crippen LogP contribution >= 0.6 is 0 Å². The van der Waals surface area contributed by atoms with Crippen molar-refractivity contribution in [1.29, 1.82) is 0 Å². The smallest absolute Gasteiger partial charge is 0.406 e. The molecule has 4 aromatic carbocycles. The molecular formula is C69H62F14N16O10. The quantitative estimate of drug-likeness (QED) is 0.0261. The summed E-state index contributed by atoms with van der Waals surface area (Å²) in [5.41, 5.74) is -8.84. The van der Waals surface area contributed by atoms with Crippen LogP contribution in [0.15, 0.2) is 104 Å². The molecule has 0 aliphatic carbocycles. The Hall–Kier alpha value is -11.3. The highest BCUT2D eigenvalue weighted by molar-refractivity contribution is 5.80. The first-order chi connectivity index (χ1) is 51.3. The van der Waals surface area contributed by atoms with Crippen LogP contribution in [0.4, 0.5) is 61.5 Å². The highest BCUT2D eigenvalue weighted by Crippen LogP contribution is 2.42. The van der Waals surface area contributed by atoms with Gasteiger partial charge in [0.15, 0.2) is 22.6 Å². The Labute approximate surface area is 601 Å². The van der Waals surface area contributed by atoms with Gasteiger partial charge in [-0.05, 0) is 101 Å². The molecule has 8 aromatic heterocycles. The number of hydrogen-bond acceptors (Lipinski definition) is 18. The fourth-order valence-electron chi connectivity index (χ4n) is 14.0. The lowest BCUT2D eigenvalue weighted by Crippen LogP contribution is -2.27. The number of alkyl halides is 12. The van der Waals surface area contributed by atoms with Crippen LogP contribution in [0.2, 0.25) is 0 Å². The summed E-state index contributed by atoms with van der Waals surface area (Å²) in [6.07, 6.45) is -21.7. The third-order valence-corrected chi connectivity index (χ3v) is 18.4. The molecule has 26 nitrogen and oxygen atoms in total. The van der Waals surface area contributed by atoms with Gasteiger partial charge in [-0.3, -0.25) is 19.2 Å². The summed E-state index contributed by atoms with van der Waals surface area (Å²) in [6, 6.07) is 7.74. The Morgan fingerprint density at radius 2 is 0.670 bits per heavy atom. The van der Waals surface area contributed by atoms with Crippen LogP contribution in [0.3, 0.4) is 0 Å². The maximum absolute atomic E-state index is 16.0. The van der Waals surface area contributed by atoms with Gasteiger partial charge in [0.1, 0.15) is 90.8 Å². The van der Waals surface area contributed by atoms with Crippen molar-refractivity contribution in [3.8, 4) is 11.5 Å². The van der Waals surface area contributed by atoms with Crippen molar-refractivity contribution in [1.82, 2.24) is 79.0 Å². The number of aromatic amines is 4. The fourth-order valence-corrected chi connectivity index (χ4v) is 14.0. The van der Waals surface area contributed by atoms with E-state index in [4.69, 9.17) is 9.97 Å². The van der Waals surface area contributed by atoms with Crippen molar-refractivity contribution in [3.63, 3.8) is 0 Å². The Bertz CT molecular complexity index is 5690. The standard InChI is InChI=1S/C69H62F14N16O10/c1-28(2)54(35-11-17-39(41(70)22-35)66(72,73)74)96-59-51(44(25-101)92-96)63(105)91-49(86-59)21-31(5)57(36-12-18-40(42(71)23-36)67(75,76)77)99-61-53(46(27-103)95-99)65(107)90-48(88-61)20-30(4)56(34-9-15-38(16-10-34)109-69(81,82)83)98-60-52(45(26-102)94-98)64(106)89-47(87-60)19-29(3)55(33-7-13-37(14-8-33)108-68(78,79)80)97-58-50(43(24-100)93-97)62(104)85-32(6)84-58/h7-18,22-23,28-31,54-57,100-103H,19-21,24-27H2,1-6H3,(H,84,85,104)(H,86,91,105)(H,87,89,106)(H,88,90,107). The van der Waals surface area contributed by atoms with E-state index in [9.17, 15) is 92.3 Å². The first-order valence-corrected chi connectivity index (χ1v) is 33.1. The van der Waals surface area contributed by atoms with Crippen LogP contribution in [0.1, 0.15) is 138 Å². The molecule has 109 heavy (non-hydrogen) atoms. The van der Waals surface area contributed by atoms with Crippen molar-refractivity contribution < 1.29 is 91.4 Å². The summed E-state index contributed by atoms with van der Waals surface area (Å²) < 4.78 is 210. The van der Waals surface area contributed by atoms with Crippen molar-refractivity contribution in [3.05, 3.63) is 217 Å². The summed E-state index contributed by atoms with van der Waals surface area (Å²) in [5.74, 6) is -8.96. The van der Waals surface area contributed by atoms with Gasteiger partial charge in [-0.15, -0.1) is 26.3 Å². The maximum Gasteiger partial charge on any atom is 0.573 e. The van der Waals surface area contributed by atoms with Gasteiger partial charge in [0.25, 0.3) is 22.2 Å². The van der Waals surface area contributed by atoms with Crippen molar-refractivity contribution in [2.45, 2.75) is 136 Å². The average molecular weight is 1540 g/mol. The van der Waals surface area contributed by atoms with Crippen LogP contribution in [-0.2, 0) is 58.0 Å². The van der Waals surface area contributed by atoms with E-state index in [1.165, 1.54) is 47.5 Å². The van der Waals surface area contributed by atoms with Crippen LogP contribution in [0.25, 0.3) is 44.1 Å². The van der Waals surface area contributed by atoms with Gasteiger partial charge in [0.05, 0.1) is 61.7 Å². The van der Waals surface area contributed by atoms with Crippen LogP contribution < -0.4 is 31.7 Å². The minimum absolute atomic E-state index is 0.0592. The molecular weight excluding hydrogens is 1480 g/mol. The Kier molecular flexibility index (Phi) is 20.8. The fraction of sp³-hybridized carbons (Fsp3) is 0.362. The highest BCUT2D eigenvalue weighted by Gasteiger charge is 2.40. The number of nitrogens with zero attached hydrogens (tertiary/aromatic N) is 12. The van der Waals surface area contributed by atoms with Gasteiger partial charge in [0, 0.05) is 19.3 Å². The van der Waals surface area contributed by atoms with Crippen molar-refractivity contribution in [2.24, 2.45) is 23.7 Å². The number of H-pyrrole nitrogens is 4. The number of aryl methyl sites for hydroxylation is 1. The molecule has 0 bridgehead atoms. The molecule has 576 valence electrons. The number of aromatic nitrogens is 16. The third-order valence-electron chi connectivity index (χ3n) is 18.4. The summed E-state index contributed by atoms with van der Waals surface area (Å²) in [5, 5.41) is 59.5. The maximum atomic E-state index is 16.0. The zero-order valence-corrected chi connectivity index (χ0v) is 57.5. The van der Waals surface area contributed by atoms with E-state index < -0.39 is 180 Å². The second-order valence-electron chi connectivity index (χ2n) is 26.5. The summed E-state index contributed by atoms with van der Waals surface area (Å²) in [7, 11) is 0. The number of halogens is 14. The normalized spacial score (nSPS) is 14.7. The average Bonchev–Trinajstić information content (AvgIpc) is 1.63. The lowest BCUT2D eigenvalue weighted by molar-refractivity contribution is -0.275. The molecule has 0 spiro atoms. The molecule has 0 fully saturated rings. The molecule has 7 atom stereocenters. The van der Waals surface area contributed by atoms with Gasteiger partial charge in [-0.2, -0.15) is 46.7 Å². The number of ether oxygens (including phenoxy) is 2. The Morgan fingerprint density at radius 1 is 0.394 bits per heavy atom. The molecule has 40 heteroatoms.